The van der Waals surface area contributed by atoms with Gasteiger partial charge in [0.2, 0.25) is 0 Å². The molecule has 0 unspecified atom stereocenters. The van der Waals surface area contributed by atoms with E-state index in [0.29, 0.717) is 22.6 Å². The molecule has 0 aliphatic heterocycles. The summed E-state index contributed by atoms with van der Waals surface area (Å²) in [6, 6.07) is 8.96. The number of anilines is 2. The molecule has 3 nitrogen and oxygen atoms in total. The predicted octanol–water partition coefficient (Wildman–Crippen LogP) is 3.63. The number of aryl methyl sites for hydroxylation is 3. The number of hydrogen-bond donors (Lipinski definition) is 1. The minimum Gasteiger partial charge on any atom is -0.339 e. The molecule has 0 atom stereocenters. The van der Waals surface area contributed by atoms with Crippen LogP contribution in [0.15, 0.2) is 24.3 Å². The first-order valence-electron chi connectivity index (χ1n) is 6.63. The molecule has 1 aliphatic rings. The van der Waals surface area contributed by atoms with Crippen LogP contribution in [0.1, 0.15) is 28.8 Å². The van der Waals surface area contributed by atoms with Gasteiger partial charge in [0, 0.05) is 11.4 Å². The third kappa shape index (κ3) is 2.23. The van der Waals surface area contributed by atoms with Gasteiger partial charge in [-0.2, -0.15) is 5.26 Å². The zero-order valence-electron chi connectivity index (χ0n) is 11.2. The number of benzene rings is 1. The number of rotatable bonds is 2. The molecule has 0 saturated carbocycles. The van der Waals surface area contributed by atoms with Crippen molar-refractivity contribution in [3.05, 3.63) is 52.5 Å². The molecule has 0 bridgehead atoms. The van der Waals surface area contributed by atoms with Gasteiger partial charge in [-0.3, -0.25) is 0 Å². The highest BCUT2D eigenvalue weighted by Gasteiger charge is 2.16. The highest BCUT2D eigenvalue weighted by Crippen LogP contribution is 2.27. The topological polar surface area (TPSA) is 48.7 Å². The monoisotopic (exact) mass is 267 g/mol. The molecule has 1 N–H and O–H groups in total. The van der Waals surface area contributed by atoms with Gasteiger partial charge < -0.3 is 5.32 Å². The van der Waals surface area contributed by atoms with Gasteiger partial charge in [0.15, 0.2) is 0 Å². The molecule has 100 valence electrons. The van der Waals surface area contributed by atoms with Gasteiger partial charge in [-0.15, -0.1) is 0 Å². The fourth-order valence-electron chi connectivity index (χ4n) is 2.46. The Labute approximate surface area is 117 Å². The van der Waals surface area contributed by atoms with Crippen LogP contribution in [0.2, 0.25) is 0 Å². The summed E-state index contributed by atoms with van der Waals surface area (Å²) in [5.74, 6) is 0.242. The fourth-order valence-corrected chi connectivity index (χ4v) is 2.46. The molecular formula is C16H14FN3. The number of halogens is 1. The van der Waals surface area contributed by atoms with Crippen LogP contribution in [0.25, 0.3) is 0 Å². The Balaban J connectivity index is 1.98. The lowest BCUT2D eigenvalue weighted by Gasteiger charge is -2.10. The number of nitrogens with zero attached hydrogens (tertiary/aromatic N) is 2. The second kappa shape index (κ2) is 4.93. The molecule has 0 radical (unpaired) electrons. The molecule has 1 aliphatic carbocycles. The summed E-state index contributed by atoms with van der Waals surface area (Å²) in [5.41, 5.74) is 3.90. The van der Waals surface area contributed by atoms with Crippen molar-refractivity contribution in [2.75, 3.05) is 5.32 Å². The standard InChI is InChI=1S/C16H14FN3/c1-10-5-6-13(8-14(10)17)19-16-12(9-18)7-11-3-2-4-15(11)20-16/h5-8H,2-4H2,1H3,(H,19,20). The van der Waals surface area contributed by atoms with Crippen LogP contribution in [0.4, 0.5) is 15.9 Å². The van der Waals surface area contributed by atoms with Crippen molar-refractivity contribution < 1.29 is 4.39 Å². The Morgan fingerprint density at radius 3 is 2.90 bits per heavy atom. The van der Waals surface area contributed by atoms with E-state index in [4.69, 9.17) is 0 Å². The molecule has 1 aromatic heterocycles. The van der Waals surface area contributed by atoms with E-state index >= 15 is 0 Å². The first kappa shape index (κ1) is 12.6. The number of pyridine rings is 1. The second-order valence-electron chi connectivity index (χ2n) is 5.04. The summed E-state index contributed by atoms with van der Waals surface area (Å²) in [7, 11) is 0. The number of hydrogen-bond acceptors (Lipinski definition) is 3. The van der Waals surface area contributed by atoms with Crippen molar-refractivity contribution in [3.63, 3.8) is 0 Å². The van der Waals surface area contributed by atoms with Gasteiger partial charge in [0.1, 0.15) is 17.7 Å². The van der Waals surface area contributed by atoms with Crippen LogP contribution in [-0.2, 0) is 12.8 Å². The largest absolute Gasteiger partial charge is 0.339 e. The Bertz CT molecular complexity index is 716. The van der Waals surface area contributed by atoms with Crippen LogP contribution in [0.3, 0.4) is 0 Å². The van der Waals surface area contributed by atoms with E-state index in [1.807, 2.05) is 6.07 Å². The van der Waals surface area contributed by atoms with Crippen molar-refractivity contribution in [1.29, 1.82) is 5.26 Å². The van der Waals surface area contributed by atoms with E-state index in [9.17, 15) is 9.65 Å². The first-order valence-corrected chi connectivity index (χ1v) is 6.63. The average molecular weight is 267 g/mol. The lowest BCUT2D eigenvalue weighted by molar-refractivity contribution is 0.619. The highest BCUT2D eigenvalue weighted by molar-refractivity contribution is 5.64. The third-order valence-corrected chi connectivity index (χ3v) is 3.61. The maximum atomic E-state index is 13.6. The summed E-state index contributed by atoms with van der Waals surface area (Å²) in [6.07, 6.45) is 3.00. The van der Waals surface area contributed by atoms with Gasteiger partial charge in [0.25, 0.3) is 0 Å². The molecule has 1 aromatic carbocycles. The lowest BCUT2D eigenvalue weighted by Crippen LogP contribution is -2.01. The normalized spacial score (nSPS) is 12.8. The van der Waals surface area contributed by atoms with Gasteiger partial charge in [-0.25, -0.2) is 9.37 Å². The predicted molar refractivity (Wildman–Crippen MR) is 75.4 cm³/mol. The van der Waals surface area contributed by atoms with E-state index in [2.05, 4.69) is 16.4 Å². The van der Waals surface area contributed by atoms with E-state index in [1.165, 1.54) is 6.07 Å². The number of nitrogens with one attached hydrogen (secondary N) is 1. The maximum Gasteiger partial charge on any atom is 0.148 e. The molecule has 4 heteroatoms. The van der Waals surface area contributed by atoms with Gasteiger partial charge in [-0.1, -0.05) is 6.07 Å². The fraction of sp³-hybridized carbons (Fsp3) is 0.250. The summed E-state index contributed by atoms with van der Waals surface area (Å²) in [4.78, 5) is 4.52. The number of nitriles is 1. The first-order chi connectivity index (χ1) is 9.67. The van der Waals surface area contributed by atoms with E-state index < -0.39 is 0 Å². The van der Waals surface area contributed by atoms with Crippen LogP contribution < -0.4 is 5.32 Å². The molecule has 2 aromatic rings. The third-order valence-electron chi connectivity index (χ3n) is 3.61. The zero-order chi connectivity index (χ0) is 14.1. The second-order valence-corrected chi connectivity index (χ2v) is 5.04. The minimum atomic E-state index is -0.269. The van der Waals surface area contributed by atoms with Crippen molar-refractivity contribution >= 4 is 11.5 Å². The number of aromatic nitrogens is 1. The zero-order valence-corrected chi connectivity index (χ0v) is 11.2. The van der Waals surface area contributed by atoms with E-state index in [0.717, 1.165) is 30.5 Å². The summed E-state index contributed by atoms with van der Waals surface area (Å²) in [5, 5.41) is 12.3. The molecule has 0 fully saturated rings. The van der Waals surface area contributed by atoms with Crippen LogP contribution in [0.5, 0.6) is 0 Å². The maximum absolute atomic E-state index is 13.6. The molecule has 3 rings (SSSR count). The van der Waals surface area contributed by atoms with Gasteiger partial charge in [0.05, 0.1) is 5.56 Å². The Kier molecular flexibility index (Phi) is 3.11. The van der Waals surface area contributed by atoms with E-state index in [1.54, 1.807) is 19.1 Å². The Morgan fingerprint density at radius 1 is 1.30 bits per heavy atom. The van der Waals surface area contributed by atoms with Crippen molar-refractivity contribution in [2.24, 2.45) is 0 Å². The quantitative estimate of drug-likeness (QED) is 0.903. The smallest absolute Gasteiger partial charge is 0.148 e. The molecule has 0 amide bonds. The van der Waals surface area contributed by atoms with E-state index in [-0.39, 0.29) is 5.82 Å². The van der Waals surface area contributed by atoms with Crippen LogP contribution in [-0.4, -0.2) is 4.98 Å². The Hall–Kier alpha value is -2.41. The summed E-state index contributed by atoms with van der Waals surface area (Å²) in [6.45, 7) is 1.72. The molecular weight excluding hydrogens is 253 g/mol. The molecule has 20 heavy (non-hydrogen) atoms. The summed E-state index contributed by atoms with van der Waals surface area (Å²) >= 11 is 0. The Morgan fingerprint density at radius 2 is 2.15 bits per heavy atom. The van der Waals surface area contributed by atoms with Crippen molar-refractivity contribution in [1.82, 2.24) is 4.98 Å². The lowest BCUT2D eigenvalue weighted by atomic mass is 10.1. The van der Waals surface area contributed by atoms with Gasteiger partial charge >= 0.3 is 0 Å². The van der Waals surface area contributed by atoms with Crippen molar-refractivity contribution in [2.45, 2.75) is 26.2 Å². The highest BCUT2D eigenvalue weighted by atomic mass is 19.1. The van der Waals surface area contributed by atoms with Gasteiger partial charge in [-0.05, 0) is 55.5 Å². The van der Waals surface area contributed by atoms with Crippen molar-refractivity contribution in [3.8, 4) is 6.07 Å². The molecule has 0 saturated heterocycles. The summed E-state index contributed by atoms with van der Waals surface area (Å²) < 4.78 is 13.6. The SMILES string of the molecule is Cc1ccc(Nc2nc3c(cc2C#N)CCC3)cc1F. The van der Waals surface area contributed by atoms with Crippen LogP contribution in [0, 0.1) is 24.1 Å². The average Bonchev–Trinajstić information content (AvgIpc) is 2.89. The molecule has 1 heterocycles. The number of fused-ring (bicyclic) bond motifs is 1. The minimum absolute atomic E-state index is 0.269. The molecule has 0 spiro atoms. The van der Waals surface area contributed by atoms with Crippen LogP contribution >= 0.6 is 0 Å².